The van der Waals surface area contributed by atoms with Crippen LogP contribution in [0.5, 0.6) is 0 Å². The molecule has 0 bridgehead atoms. The van der Waals surface area contributed by atoms with E-state index in [1.807, 2.05) is 16.6 Å². The minimum atomic E-state index is -0.246. The van der Waals surface area contributed by atoms with Gasteiger partial charge in [-0.25, -0.2) is 9.07 Å². The lowest BCUT2D eigenvalue weighted by Crippen LogP contribution is -2.34. The number of benzene rings is 1. The van der Waals surface area contributed by atoms with Gasteiger partial charge in [0.05, 0.1) is 17.9 Å². The number of nitrogens with zero attached hydrogens (tertiary/aromatic N) is 4. The van der Waals surface area contributed by atoms with Crippen molar-refractivity contribution in [2.24, 2.45) is 0 Å². The molecule has 0 spiro atoms. The van der Waals surface area contributed by atoms with E-state index in [0.717, 1.165) is 30.6 Å². The van der Waals surface area contributed by atoms with Gasteiger partial charge in [-0.05, 0) is 56.1 Å². The summed E-state index contributed by atoms with van der Waals surface area (Å²) >= 11 is 0. The lowest BCUT2D eigenvalue weighted by molar-refractivity contribution is -0.129. The number of halogens is 1. The molecular formula is C18H23FN4O. The highest BCUT2D eigenvalue weighted by atomic mass is 19.1. The first-order valence-corrected chi connectivity index (χ1v) is 8.20. The van der Waals surface area contributed by atoms with E-state index in [0.29, 0.717) is 13.1 Å². The minimum Gasteiger partial charge on any atom is -0.348 e. The zero-order chi connectivity index (χ0) is 17.3. The van der Waals surface area contributed by atoms with Gasteiger partial charge in [-0.15, -0.1) is 0 Å². The van der Waals surface area contributed by atoms with E-state index in [1.165, 1.54) is 23.4 Å². The van der Waals surface area contributed by atoms with Gasteiger partial charge in [-0.3, -0.25) is 9.69 Å². The Labute approximate surface area is 141 Å². The number of fused-ring (bicyclic) bond motifs is 1. The maximum atomic E-state index is 13.2. The van der Waals surface area contributed by atoms with Crippen LogP contribution in [0.4, 0.5) is 4.39 Å². The molecular weight excluding hydrogens is 307 g/mol. The smallest absolute Gasteiger partial charge is 0.236 e. The fraction of sp³-hybridized carbons (Fsp3) is 0.444. The van der Waals surface area contributed by atoms with Gasteiger partial charge in [0.1, 0.15) is 5.82 Å². The van der Waals surface area contributed by atoms with Crippen LogP contribution >= 0.6 is 0 Å². The van der Waals surface area contributed by atoms with E-state index in [9.17, 15) is 9.18 Å². The molecule has 0 saturated heterocycles. The molecule has 1 aliphatic rings. The average molecular weight is 330 g/mol. The topological polar surface area (TPSA) is 41.4 Å². The Bertz CT molecular complexity index is 736. The molecule has 1 heterocycles. The van der Waals surface area contributed by atoms with E-state index in [4.69, 9.17) is 5.10 Å². The number of amides is 1. The first kappa shape index (κ1) is 16.6. The average Bonchev–Trinajstić information content (AvgIpc) is 3.12. The second kappa shape index (κ2) is 6.73. The van der Waals surface area contributed by atoms with Crippen LogP contribution in [0.2, 0.25) is 0 Å². The van der Waals surface area contributed by atoms with Gasteiger partial charge >= 0.3 is 0 Å². The Kier molecular flexibility index (Phi) is 4.66. The second-order valence-corrected chi connectivity index (χ2v) is 6.57. The number of carbonyl (C=O) groups excluding carboxylic acids is 1. The highest BCUT2D eigenvalue weighted by molar-refractivity contribution is 5.77. The third-order valence-electron chi connectivity index (χ3n) is 4.41. The zero-order valence-electron chi connectivity index (χ0n) is 14.4. The maximum Gasteiger partial charge on any atom is 0.236 e. The SMILES string of the molecule is CN(CC(=O)N(C)C)Cc1nn(-c2ccc(F)cc2)c2c1CCC2. The van der Waals surface area contributed by atoms with Crippen LogP contribution in [0, 0.1) is 5.82 Å². The van der Waals surface area contributed by atoms with Crippen LogP contribution in [-0.2, 0) is 24.2 Å². The van der Waals surface area contributed by atoms with Crippen molar-refractivity contribution >= 4 is 5.91 Å². The molecule has 0 fully saturated rings. The predicted molar refractivity (Wildman–Crippen MR) is 90.6 cm³/mol. The fourth-order valence-electron chi connectivity index (χ4n) is 3.12. The third-order valence-corrected chi connectivity index (χ3v) is 4.41. The van der Waals surface area contributed by atoms with E-state index >= 15 is 0 Å². The molecule has 0 aliphatic heterocycles. The zero-order valence-corrected chi connectivity index (χ0v) is 14.4. The van der Waals surface area contributed by atoms with Crippen LogP contribution in [-0.4, -0.2) is 53.2 Å². The molecule has 0 saturated carbocycles. The van der Waals surface area contributed by atoms with Crippen LogP contribution in [0.3, 0.4) is 0 Å². The molecule has 3 rings (SSSR count). The Morgan fingerprint density at radius 3 is 2.58 bits per heavy atom. The molecule has 128 valence electrons. The molecule has 1 aliphatic carbocycles. The molecule has 2 aromatic rings. The van der Waals surface area contributed by atoms with Crippen molar-refractivity contribution in [1.29, 1.82) is 0 Å². The highest BCUT2D eigenvalue weighted by Crippen LogP contribution is 2.28. The summed E-state index contributed by atoms with van der Waals surface area (Å²) in [5, 5.41) is 4.75. The van der Waals surface area contributed by atoms with Gasteiger partial charge in [0, 0.05) is 26.3 Å². The first-order chi connectivity index (χ1) is 11.5. The largest absolute Gasteiger partial charge is 0.348 e. The summed E-state index contributed by atoms with van der Waals surface area (Å²) in [5.74, 6) is -0.170. The molecule has 1 aromatic carbocycles. The summed E-state index contributed by atoms with van der Waals surface area (Å²) in [6, 6.07) is 6.42. The van der Waals surface area contributed by atoms with Gasteiger partial charge in [-0.2, -0.15) is 5.10 Å². The molecule has 1 aromatic heterocycles. The summed E-state index contributed by atoms with van der Waals surface area (Å²) in [4.78, 5) is 15.4. The van der Waals surface area contributed by atoms with Crippen LogP contribution < -0.4 is 0 Å². The Hall–Kier alpha value is -2.21. The quantitative estimate of drug-likeness (QED) is 0.842. The van der Waals surface area contributed by atoms with E-state index in [1.54, 1.807) is 31.1 Å². The Morgan fingerprint density at radius 1 is 1.21 bits per heavy atom. The third kappa shape index (κ3) is 3.33. The normalized spacial score (nSPS) is 13.4. The second-order valence-electron chi connectivity index (χ2n) is 6.57. The van der Waals surface area contributed by atoms with Crippen LogP contribution in [0.25, 0.3) is 5.69 Å². The van der Waals surface area contributed by atoms with Crippen molar-refractivity contribution in [3.05, 3.63) is 47.0 Å². The number of hydrogen-bond acceptors (Lipinski definition) is 3. The maximum absolute atomic E-state index is 13.2. The number of hydrogen-bond donors (Lipinski definition) is 0. The van der Waals surface area contributed by atoms with Crippen molar-refractivity contribution < 1.29 is 9.18 Å². The van der Waals surface area contributed by atoms with E-state index in [2.05, 4.69) is 0 Å². The molecule has 0 radical (unpaired) electrons. The number of carbonyl (C=O) groups is 1. The summed E-state index contributed by atoms with van der Waals surface area (Å²) in [6.45, 7) is 1.00. The van der Waals surface area contributed by atoms with Crippen LogP contribution in [0.1, 0.15) is 23.4 Å². The molecule has 5 nitrogen and oxygen atoms in total. The molecule has 24 heavy (non-hydrogen) atoms. The van der Waals surface area contributed by atoms with Gasteiger partial charge in [0.25, 0.3) is 0 Å². The van der Waals surface area contributed by atoms with Gasteiger partial charge in [0.15, 0.2) is 0 Å². The summed E-state index contributed by atoms with van der Waals surface area (Å²) < 4.78 is 15.1. The highest BCUT2D eigenvalue weighted by Gasteiger charge is 2.24. The fourth-order valence-corrected chi connectivity index (χ4v) is 3.12. The van der Waals surface area contributed by atoms with Crippen molar-refractivity contribution in [3.63, 3.8) is 0 Å². The van der Waals surface area contributed by atoms with Crippen LogP contribution in [0.15, 0.2) is 24.3 Å². The monoisotopic (exact) mass is 330 g/mol. The lowest BCUT2D eigenvalue weighted by atomic mass is 10.2. The molecule has 0 atom stereocenters. The summed E-state index contributed by atoms with van der Waals surface area (Å²) in [7, 11) is 5.45. The first-order valence-electron chi connectivity index (χ1n) is 8.20. The molecule has 6 heteroatoms. The van der Waals surface area contributed by atoms with Crippen molar-refractivity contribution in [3.8, 4) is 5.69 Å². The Balaban J connectivity index is 1.83. The van der Waals surface area contributed by atoms with Gasteiger partial charge in [-0.1, -0.05) is 0 Å². The van der Waals surface area contributed by atoms with Gasteiger partial charge < -0.3 is 4.90 Å². The van der Waals surface area contributed by atoms with E-state index < -0.39 is 0 Å². The number of aromatic nitrogens is 2. The van der Waals surface area contributed by atoms with Crippen molar-refractivity contribution in [2.45, 2.75) is 25.8 Å². The Morgan fingerprint density at radius 2 is 1.92 bits per heavy atom. The minimum absolute atomic E-state index is 0.0760. The van der Waals surface area contributed by atoms with Crippen molar-refractivity contribution in [2.75, 3.05) is 27.7 Å². The molecule has 1 amide bonds. The number of likely N-dealkylation sites (N-methyl/N-ethyl adjacent to an activating group) is 2. The number of rotatable bonds is 5. The standard InChI is InChI=1S/C18H23FN4O/c1-21(2)18(24)12-22(3)11-16-15-5-4-6-17(15)23(20-16)14-9-7-13(19)8-10-14/h7-10H,4-6,11-12H2,1-3H3. The molecule has 0 unspecified atom stereocenters. The summed E-state index contributed by atoms with van der Waals surface area (Å²) in [5.41, 5.74) is 4.39. The predicted octanol–water partition coefficient (Wildman–Crippen LogP) is 2.02. The van der Waals surface area contributed by atoms with Gasteiger partial charge in [0.2, 0.25) is 5.91 Å². The van der Waals surface area contributed by atoms with E-state index in [-0.39, 0.29) is 11.7 Å². The van der Waals surface area contributed by atoms with Crippen molar-refractivity contribution in [1.82, 2.24) is 19.6 Å². The summed E-state index contributed by atoms with van der Waals surface area (Å²) in [6.07, 6.45) is 3.11. The lowest BCUT2D eigenvalue weighted by Gasteiger charge is -2.18. The molecule has 0 N–H and O–H groups in total.